The third-order valence-corrected chi connectivity index (χ3v) is 2.55. The first kappa shape index (κ1) is 9.41. The fourth-order valence-electron chi connectivity index (χ4n) is 1.91. The van der Waals surface area contributed by atoms with Gasteiger partial charge >= 0.3 is 0 Å². The van der Waals surface area contributed by atoms with Gasteiger partial charge in [-0.15, -0.1) is 0 Å². The second-order valence-electron chi connectivity index (χ2n) is 3.90. The molecule has 1 aromatic carbocycles. The van der Waals surface area contributed by atoms with Crippen molar-refractivity contribution >= 4 is 0 Å². The molecule has 0 spiro atoms. The SMILES string of the molecule is [2H][C]1[CH][CH][CH][C]1[C@@H](c1ccccc1)N(C)C. The van der Waals surface area contributed by atoms with Crippen molar-refractivity contribution < 1.29 is 1.37 Å². The molecule has 0 N–H and O–H groups in total. The van der Waals surface area contributed by atoms with E-state index in [2.05, 4.69) is 17.0 Å². The predicted octanol–water partition coefficient (Wildman–Crippen LogP) is 2.69. The zero-order valence-electron chi connectivity index (χ0n) is 10.1. The van der Waals surface area contributed by atoms with Crippen LogP contribution < -0.4 is 0 Å². The van der Waals surface area contributed by atoms with Crippen LogP contribution in [0.2, 0.25) is 0 Å². The molecule has 1 aliphatic rings. The minimum absolute atomic E-state index is 0.170. The molecule has 0 heterocycles. The molecule has 0 amide bonds. The van der Waals surface area contributed by atoms with E-state index in [1.54, 1.807) is 0 Å². The Morgan fingerprint density at radius 3 is 2.40 bits per heavy atom. The van der Waals surface area contributed by atoms with Crippen LogP contribution in [0.25, 0.3) is 0 Å². The van der Waals surface area contributed by atoms with Crippen molar-refractivity contribution in [3.8, 4) is 0 Å². The van der Waals surface area contributed by atoms with Crippen molar-refractivity contribution in [3.63, 3.8) is 0 Å². The summed E-state index contributed by atoms with van der Waals surface area (Å²) in [5.74, 6) is 1.07. The maximum absolute atomic E-state index is 7.90. The molecule has 1 saturated carbocycles. The van der Waals surface area contributed by atoms with E-state index in [1.807, 2.05) is 51.6 Å². The fourth-order valence-corrected chi connectivity index (χ4v) is 1.91. The van der Waals surface area contributed by atoms with E-state index in [-0.39, 0.29) is 6.04 Å². The standard InChI is InChI=1S/C14H16N/c1-15(2)14(13-10-6-7-11-13)12-8-4-3-5-9-12/h3-11,14H,1-2H3/t14-/m1/s1/i10D. The zero-order chi connectivity index (χ0) is 11.5. The topological polar surface area (TPSA) is 3.24 Å². The second kappa shape index (κ2) is 4.80. The average molecular weight is 199 g/mol. The van der Waals surface area contributed by atoms with Crippen molar-refractivity contribution in [2.24, 2.45) is 0 Å². The summed E-state index contributed by atoms with van der Waals surface area (Å²) >= 11 is 0. The first-order valence-corrected chi connectivity index (χ1v) is 5.13. The van der Waals surface area contributed by atoms with Crippen LogP contribution in [0.1, 0.15) is 13.0 Å². The highest BCUT2D eigenvalue weighted by Gasteiger charge is 2.28. The normalized spacial score (nSPS) is 21.9. The van der Waals surface area contributed by atoms with Crippen LogP contribution in [-0.2, 0) is 0 Å². The molecule has 0 aliphatic heterocycles. The molecule has 1 heteroatoms. The molecule has 77 valence electrons. The second-order valence-corrected chi connectivity index (χ2v) is 3.90. The molecule has 0 aromatic heterocycles. The monoisotopic (exact) mass is 199 g/mol. The van der Waals surface area contributed by atoms with Gasteiger partial charge in [0.25, 0.3) is 0 Å². The van der Waals surface area contributed by atoms with Gasteiger partial charge in [0.1, 0.15) is 0 Å². The Balaban J connectivity index is 2.24. The van der Waals surface area contributed by atoms with Crippen LogP contribution in [0, 0.1) is 31.6 Å². The first-order valence-electron chi connectivity index (χ1n) is 5.63. The average Bonchev–Trinajstić information content (AvgIpc) is 2.66. The van der Waals surface area contributed by atoms with Gasteiger partial charge in [0, 0.05) is 13.3 Å². The molecule has 5 radical (unpaired) electrons. The minimum Gasteiger partial charge on any atom is -0.302 e. The van der Waals surface area contributed by atoms with Crippen LogP contribution in [0.4, 0.5) is 0 Å². The summed E-state index contributed by atoms with van der Waals surface area (Å²) in [6.07, 6.45) is 6.42. The Labute approximate surface area is 94.5 Å². The summed E-state index contributed by atoms with van der Waals surface area (Å²) in [6.45, 7) is 0. The van der Waals surface area contributed by atoms with E-state index in [0.717, 1.165) is 5.92 Å². The summed E-state index contributed by atoms with van der Waals surface area (Å²) < 4.78 is 7.90. The van der Waals surface area contributed by atoms with Gasteiger partial charge in [-0.05, 0) is 45.3 Å². The van der Waals surface area contributed by atoms with E-state index >= 15 is 0 Å². The highest BCUT2D eigenvalue weighted by atomic mass is 15.1. The van der Waals surface area contributed by atoms with Gasteiger partial charge in [-0.3, -0.25) is 0 Å². The summed E-state index contributed by atoms with van der Waals surface area (Å²) in [5, 5.41) is 0. The van der Waals surface area contributed by atoms with Crippen molar-refractivity contribution in [2.75, 3.05) is 14.1 Å². The Hall–Kier alpha value is -0.820. The highest BCUT2D eigenvalue weighted by molar-refractivity contribution is 5.42. The van der Waals surface area contributed by atoms with Gasteiger partial charge in [-0.25, -0.2) is 0 Å². The number of hydrogen-bond acceptors (Lipinski definition) is 1. The lowest BCUT2D eigenvalue weighted by Crippen LogP contribution is -2.25. The Morgan fingerprint density at radius 2 is 1.87 bits per heavy atom. The van der Waals surface area contributed by atoms with Gasteiger partial charge < -0.3 is 4.90 Å². The van der Waals surface area contributed by atoms with Crippen LogP contribution in [0.5, 0.6) is 0 Å². The summed E-state index contributed by atoms with van der Waals surface area (Å²) in [7, 11) is 4.09. The molecule has 1 nitrogen and oxygen atoms in total. The van der Waals surface area contributed by atoms with E-state index < -0.39 is 0 Å². The third-order valence-electron chi connectivity index (χ3n) is 2.55. The third kappa shape index (κ3) is 2.40. The maximum Gasteiger partial charge on any atom is 0.0410 e. The molecular weight excluding hydrogens is 182 g/mol. The quantitative estimate of drug-likeness (QED) is 0.723. The lowest BCUT2D eigenvalue weighted by Gasteiger charge is -2.29. The largest absolute Gasteiger partial charge is 0.302 e. The van der Waals surface area contributed by atoms with Crippen LogP contribution in [-0.4, -0.2) is 19.0 Å². The number of nitrogens with zero attached hydrogens (tertiary/aromatic N) is 1. The van der Waals surface area contributed by atoms with Crippen LogP contribution in [0.3, 0.4) is 0 Å². The first-order chi connectivity index (χ1) is 7.70. The van der Waals surface area contributed by atoms with Crippen molar-refractivity contribution in [3.05, 3.63) is 67.5 Å². The number of benzene rings is 1. The van der Waals surface area contributed by atoms with Gasteiger partial charge in [-0.2, -0.15) is 0 Å². The molecule has 0 saturated heterocycles. The van der Waals surface area contributed by atoms with E-state index in [1.165, 1.54) is 5.56 Å². The Bertz CT molecular complexity index is 323. The van der Waals surface area contributed by atoms with Crippen LogP contribution >= 0.6 is 0 Å². The van der Waals surface area contributed by atoms with Crippen LogP contribution in [0.15, 0.2) is 30.3 Å². The number of rotatable bonds is 3. The lowest BCUT2D eigenvalue weighted by molar-refractivity contribution is 0.321. The molecule has 15 heavy (non-hydrogen) atoms. The smallest absolute Gasteiger partial charge is 0.0410 e. The van der Waals surface area contributed by atoms with Gasteiger partial charge in [0.2, 0.25) is 0 Å². The minimum atomic E-state index is 0.170. The maximum atomic E-state index is 7.90. The van der Waals surface area contributed by atoms with Gasteiger partial charge in [0.05, 0.1) is 0 Å². The highest BCUT2D eigenvalue weighted by Crippen LogP contribution is 2.37. The van der Waals surface area contributed by atoms with Crippen molar-refractivity contribution in [2.45, 2.75) is 6.04 Å². The summed E-state index contributed by atoms with van der Waals surface area (Å²) in [5.41, 5.74) is 1.23. The van der Waals surface area contributed by atoms with Gasteiger partial charge in [0.15, 0.2) is 0 Å². The molecule has 1 aliphatic carbocycles. The molecule has 1 fully saturated rings. The molecule has 0 unspecified atom stereocenters. The molecule has 2 rings (SSSR count). The predicted molar refractivity (Wildman–Crippen MR) is 63.3 cm³/mol. The molecule has 0 bridgehead atoms. The molecular formula is C14H16N. The zero-order valence-corrected chi connectivity index (χ0v) is 9.14. The van der Waals surface area contributed by atoms with E-state index in [0.29, 0.717) is 6.40 Å². The fraction of sp³-hybridized carbons (Fsp3) is 0.214. The summed E-state index contributed by atoms with van der Waals surface area (Å²) in [4.78, 5) is 2.14. The van der Waals surface area contributed by atoms with Crippen molar-refractivity contribution in [1.82, 2.24) is 4.90 Å². The van der Waals surface area contributed by atoms with E-state index in [4.69, 9.17) is 1.37 Å². The molecule has 1 atom stereocenters. The molecule has 1 aromatic rings. The van der Waals surface area contributed by atoms with E-state index in [9.17, 15) is 0 Å². The lowest BCUT2D eigenvalue weighted by atomic mass is 9.91. The Kier molecular flexibility index (Phi) is 3.01. The summed E-state index contributed by atoms with van der Waals surface area (Å²) in [6, 6.07) is 10.5. The van der Waals surface area contributed by atoms with Gasteiger partial charge in [-0.1, -0.05) is 30.3 Å². The van der Waals surface area contributed by atoms with Crippen molar-refractivity contribution in [1.29, 1.82) is 0 Å². The number of hydrogen-bond donors (Lipinski definition) is 0. The Morgan fingerprint density at radius 1 is 1.13 bits per heavy atom.